The van der Waals surface area contributed by atoms with Crippen LogP contribution in [0, 0.1) is 6.92 Å². The molecule has 3 aromatic heterocycles. The fraction of sp³-hybridized carbons (Fsp3) is 0.273. The topological polar surface area (TPSA) is 127 Å². The Kier molecular flexibility index (Phi) is 6.43. The van der Waals surface area contributed by atoms with E-state index in [2.05, 4.69) is 20.1 Å². The Labute approximate surface area is 200 Å². The molecule has 0 aliphatic heterocycles. The lowest BCUT2D eigenvalue weighted by Gasteiger charge is -2.21. The molecule has 1 amide bonds. The summed E-state index contributed by atoms with van der Waals surface area (Å²) in [4.78, 5) is 30.8. The number of aryl methyl sites for hydroxylation is 1. The van der Waals surface area contributed by atoms with Crippen LogP contribution < -0.4 is 15.6 Å². The normalized spacial score (nSPS) is 12.8. The van der Waals surface area contributed by atoms with E-state index in [1.54, 1.807) is 56.6 Å². The number of nitrogens with one attached hydrogen (secondary N) is 2. The highest BCUT2D eigenvalue weighted by molar-refractivity contribution is 7.88. The Hall–Kier alpha value is -3.28. The molecule has 34 heavy (non-hydrogen) atoms. The first-order valence-corrected chi connectivity index (χ1v) is 12.7. The van der Waals surface area contributed by atoms with Crippen LogP contribution in [0.2, 0.25) is 5.02 Å². The molecular formula is C22H23ClN6O4S. The summed E-state index contributed by atoms with van der Waals surface area (Å²) in [6, 6.07) is 8.01. The number of carbonyl (C=O) groups is 1. The van der Waals surface area contributed by atoms with Gasteiger partial charge in [0.15, 0.2) is 5.65 Å². The fourth-order valence-corrected chi connectivity index (χ4v) is 4.64. The van der Waals surface area contributed by atoms with E-state index in [-0.39, 0.29) is 18.6 Å². The van der Waals surface area contributed by atoms with E-state index in [9.17, 15) is 18.0 Å². The van der Waals surface area contributed by atoms with Crippen LogP contribution in [0.3, 0.4) is 0 Å². The highest BCUT2D eigenvalue weighted by Crippen LogP contribution is 2.24. The number of aromatic nitrogens is 4. The quantitative estimate of drug-likeness (QED) is 0.398. The predicted molar refractivity (Wildman–Crippen MR) is 130 cm³/mol. The average Bonchev–Trinajstić information content (AvgIpc) is 3.09. The molecule has 0 saturated carbocycles. The molecule has 1 aromatic carbocycles. The van der Waals surface area contributed by atoms with Gasteiger partial charge in [-0.15, -0.1) is 0 Å². The number of fused-ring (bicyclic) bond motifs is 2. The zero-order valence-corrected chi connectivity index (χ0v) is 20.3. The molecule has 0 fully saturated rings. The lowest BCUT2D eigenvalue weighted by molar-refractivity contribution is 0.0939. The van der Waals surface area contributed by atoms with E-state index in [4.69, 9.17) is 11.6 Å². The standard InChI is InChI=1S/C22H23ClN6O4S/c1-13(26-21(30)18-14(2)27-29-10-5-8-24-20(18)29)17-12-15-6-4-7-16(23)19(15)22(31)28(17)11-9-25-34(3,32)33/h4-8,10,12-13,25H,9,11H2,1-3H3,(H,26,30)/t13-/m0/s1. The van der Waals surface area contributed by atoms with Crippen molar-refractivity contribution >= 4 is 44.0 Å². The minimum atomic E-state index is -3.44. The fourth-order valence-electron chi connectivity index (χ4n) is 3.91. The molecule has 4 aromatic rings. The molecule has 0 radical (unpaired) electrons. The minimum absolute atomic E-state index is 0.000554. The lowest BCUT2D eigenvalue weighted by atomic mass is 10.1. The summed E-state index contributed by atoms with van der Waals surface area (Å²) in [5.74, 6) is -0.391. The van der Waals surface area contributed by atoms with Crippen LogP contribution in [0.15, 0.2) is 47.5 Å². The second-order valence-corrected chi connectivity index (χ2v) is 10.2. The van der Waals surface area contributed by atoms with Crippen molar-refractivity contribution in [2.24, 2.45) is 0 Å². The molecule has 0 aliphatic rings. The second kappa shape index (κ2) is 9.16. The van der Waals surface area contributed by atoms with Crippen LogP contribution in [-0.4, -0.2) is 46.3 Å². The maximum Gasteiger partial charge on any atom is 0.260 e. The van der Waals surface area contributed by atoms with Crippen LogP contribution in [-0.2, 0) is 16.6 Å². The summed E-state index contributed by atoms with van der Waals surface area (Å²) in [7, 11) is -3.44. The number of halogens is 1. The number of hydrogen-bond donors (Lipinski definition) is 2. The van der Waals surface area contributed by atoms with Crippen LogP contribution in [0.4, 0.5) is 0 Å². The summed E-state index contributed by atoms with van der Waals surface area (Å²) in [6.07, 6.45) is 4.33. The van der Waals surface area contributed by atoms with Gasteiger partial charge in [-0.05, 0) is 37.4 Å². The van der Waals surface area contributed by atoms with Crippen molar-refractivity contribution in [2.75, 3.05) is 12.8 Å². The highest BCUT2D eigenvalue weighted by Gasteiger charge is 2.23. The van der Waals surface area contributed by atoms with E-state index >= 15 is 0 Å². The maximum atomic E-state index is 13.3. The molecule has 2 N–H and O–H groups in total. The summed E-state index contributed by atoms with van der Waals surface area (Å²) in [6.45, 7) is 3.52. The number of sulfonamides is 1. The molecule has 0 unspecified atom stereocenters. The third-order valence-electron chi connectivity index (χ3n) is 5.41. The largest absolute Gasteiger partial charge is 0.344 e. The number of nitrogens with zero attached hydrogens (tertiary/aromatic N) is 4. The van der Waals surface area contributed by atoms with Gasteiger partial charge in [0.25, 0.3) is 11.5 Å². The molecule has 12 heteroatoms. The lowest BCUT2D eigenvalue weighted by Crippen LogP contribution is -2.35. The molecule has 10 nitrogen and oxygen atoms in total. The van der Waals surface area contributed by atoms with Crippen LogP contribution >= 0.6 is 11.6 Å². The van der Waals surface area contributed by atoms with Crippen molar-refractivity contribution < 1.29 is 13.2 Å². The smallest absolute Gasteiger partial charge is 0.260 e. The maximum absolute atomic E-state index is 13.3. The number of hydrogen-bond acceptors (Lipinski definition) is 6. The average molecular weight is 503 g/mol. The van der Waals surface area contributed by atoms with Crippen molar-refractivity contribution in [1.82, 2.24) is 29.2 Å². The van der Waals surface area contributed by atoms with Gasteiger partial charge in [0, 0.05) is 31.2 Å². The number of benzene rings is 1. The first-order chi connectivity index (χ1) is 16.1. The van der Waals surface area contributed by atoms with Gasteiger partial charge >= 0.3 is 0 Å². The zero-order chi connectivity index (χ0) is 24.6. The SMILES string of the molecule is Cc1nn2cccnc2c1C(=O)N[C@@H](C)c1cc2cccc(Cl)c2c(=O)n1CCNS(C)(=O)=O. The zero-order valence-electron chi connectivity index (χ0n) is 18.7. The first kappa shape index (κ1) is 23.9. The third kappa shape index (κ3) is 4.67. The number of rotatable bonds is 7. The Morgan fingerprint density at radius 3 is 2.76 bits per heavy atom. The number of amides is 1. The molecule has 3 heterocycles. The third-order valence-corrected chi connectivity index (χ3v) is 6.45. The molecule has 0 bridgehead atoms. The monoisotopic (exact) mass is 502 g/mol. The van der Waals surface area contributed by atoms with Gasteiger partial charge in [0.2, 0.25) is 10.0 Å². The number of pyridine rings is 1. The molecular weight excluding hydrogens is 480 g/mol. The summed E-state index contributed by atoms with van der Waals surface area (Å²) < 4.78 is 28.4. The van der Waals surface area contributed by atoms with Gasteiger partial charge in [-0.1, -0.05) is 23.7 Å². The number of carbonyl (C=O) groups excluding carboxylic acids is 1. The van der Waals surface area contributed by atoms with Gasteiger partial charge in [-0.2, -0.15) is 5.10 Å². The molecule has 1 atom stereocenters. The Morgan fingerprint density at radius 1 is 1.26 bits per heavy atom. The van der Waals surface area contributed by atoms with Crippen molar-refractivity contribution in [1.29, 1.82) is 0 Å². The molecule has 178 valence electrons. The Morgan fingerprint density at radius 2 is 2.03 bits per heavy atom. The summed E-state index contributed by atoms with van der Waals surface area (Å²) >= 11 is 6.29. The van der Waals surface area contributed by atoms with Gasteiger partial charge in [-0.3, -0.25) is 9.59 Å². The molecule has 4 rings (SSSR count). The first-order valence-electron chi connectivity index (χ1n) is 10.4. The molecule has 0 saturated heterocycles. The van der Waals surface area contributed by atoms with E-state index in [0.717, 1.165) is 6.26 Å². The molecule has 0 spiro atoms. The van der Waals surface area contributed by atoms with Crippen LogP contribution in [0.5, 0.6) is 0 Å². The summed E-state index contributed by atoms with van der Waals surface area (Å²) in [5.41, 5.74) is 1.41. The minimum Gasteiger partial charge on any atom is -0.344 e. The van der Waals surface area contributed by atoms with Gasteiger partial charge in [-0.25, -0.2) is 22.6 Å². The van der Waals surface area contributed by atoms with E-state index < -0.39 is 22.0 Å². The van der Waals surface area contributed by atoms with Gasteiger partial charge < -0.3 is 9.88 Å². The van der Waals surface area contributed by atoms with E-state index in [0.29, 0.717) is 38.4 Å². The van der Waals surface area contributed by atoms with Crippen LogP contribution in [0.1, 0.15) is 34.7 Å². The Balaban J connectivity index is 1.74. The van der Waals surface area contributed by atoms with E-state index in [1.807, 2.05) is 0 Å². The van der Waals surface area contributed by atoms with E-state index in [1.165, 1.54) is 9.08 Å². The highest BCUT2D eigenvalue weighted by atomic mass is 35.5. The Bertz CT molecular complexity index is 1580. The van der Waals surface area contributed by atoms with Crippen molar-refractivity contribution in [3.05, 3.63) is 75.1 Å². The second-order valence-electron chi connectivity index (χ2n) is 7.94. The summed E-state index contributed by atoms with van der Waals surface area (Å²) in [5, 5.41) is 8.48. The van der Waals surface area contributed by atoms with Gasteiger partial charge in [0.05, 0.1) is 28.4 Å². The van der Waals surface area contributed by atoms with Crippen LogP contribution in [0.25, 0.3) is 16.4 Å². The van der Waals surface area contributed by atoms with Crippen molar-refractivity contribution in [3.8, 4) is 0 Å². The van der Waals surface area contributed by atoms with Crippen molar-refractivity contribution in [3.63, 3.8) is 0 Å². The van der Waals surface area contributed by atoms with Crippen molar-refractivity contribution in [2.45, 2.75) is 26.4 Å². The van der Waals surface area contributed by atoms with Gasteiger partial charge in [0.1, 0.15) is 5.56 Å². The predicted octanol–water partition coefficient (Wildman–Crippen LogP) is 2.05. The molecule has 0 aliphatic carbocycles.